The molecule has 1 unspecified atom stereocenters. The maximum absolute atomic E-state index is 12.5. The first-order valence-electron chi connectivity index (χ1n) is 8.24. The number of hydrogen-bond donors (Lipinski definition) is 2. The maximum Gasteiger partial charge on any atom is 0.263 e. The maximum atomic E-state index is 12.5. The van der Waals surface area contributed by atoms with Crippen LogP contribution in [0.1, 0.15) is 40.6 Å². The molecule has 0 aliphatic heterocycles. The van der Waals surface area contributed by atoms with Gasteiger partial charge in [-0.25, -0.2) is 4.98 Å². The molecule has 152 valence electrons. The number of rotatable bonds is 8. The van der Waals surface area contributed by atoms with Gasteiger partial charge in [0.15, 0.2) is 0 Å². The van der Waals surface area contributed by atoms with Crippen molar-refractivity contribution in [2.45, 2.75) is 39.8 Å². The van der Waals surface area contributed by atoms with E-state index in [4.69, 9.17) is 22.1 Å². The van der Waals surface area contributed by atoms with Gasteiger partial charge in [-0.1, -0.05) is 25.4 Å². The number of nitrogens with one attached hydrogen (secondary N) is 1. The van der Waals surface area contributed by atoms with E-state index in [9.17, 15) is 4.79 Å². The minimum Gasteiger partial charge on any atom is -0.486 e. The third-order valence-corrected chi connectivity index (χ3v) is 4.98. The molecule has 0 saturated carbocycles. The van der Waals surface area contributed by atoms with Crippen molar-refractivity contribution in [2.75, 3.05) is 6.54 Å². The third-order valence-electron chi connectivity index (χ3n) is 3.60. The summed E-state index contributed by atoms with van der Waals surface area (Å²) in [5, 5.41) is 4.41. The minimum absolute atomic E-state index is 0. The lowest BCUT2D eigenvalue weighted by molar-refractivity contribution is 0.0937. The molecule has 1 aromatic carbocycles. The first-order chi connectivity index (χ1) is 11.9. The first-order valence-corrected chi connectivity index (χ1v) is 9.44. The van der Waals surface area contributed by atoms with E-state index < -0.39 is 0 Å². The molecule has 3 N–H and O–H groups in total. The fourth-order valence-corrected chi connectivity index (χ4v) is 3.44. The van der Waals surface area contributed by atoms with Crippen LogP contribution in [-0.4, -0.2) is 23.5 Å². The number of carbonyl (C=O) groups excluding carboxylic acids is 1. The number of aromatic nitrogens is 1. The number of hydrogen-bond acceptors (Lipinski definition) is 5. The molecule has 0 spiro atoms. The molecule has 0 radical (unpaired) electrons. The smallest absolute Gasteiger partial charge is 0.263 e. The normalized spacial score (nSPS) is 11.3. The molecule has 2 rings (SSSR count). The van der Waals surface area contributed by atoms with Crippen LogP contribution < -0.4 is 15.8 Å². The zero-order chi connectivity index (χ0) is 18.4. The molecule has 0 aliphatic carbocycles. The molecule has 0 saturated heterocycles. The Bertz CT molecular complexity index is 708. The Balaban J connectivity index is 0.00000338. The highest BCUT2D eigenvalue weighted by Crippen LogP contribution is 2.21. The average Bonchev–Trinajstić information content (AvgIpc) is 2.94. The van der Waals surface area contributed by atoms with Crippen molar-refractivity contribution in [1.29, 1.82) is 0 Å². The van der Waals surface area contributed by atoms with Crippen LogP contribution in [0.3, 0.4) is 0 Å². The number of nitrogens with two attached hydrogens (primary N) is 1. The first kappa shape index (κ1) is 26.0. The van der Waals surface area contributed by atoms with Crippen LogP contribution in [0.4, 0.5) is 0 Å². The van der Waals surface area contributed by atoms with Crippen LogP contribution in [0.2, 0.25) is 5.02 Å². The van der Waals surface area contributed by atoms with Crippen molar-refractivity contribution in [1.82, 2.24) is 10.3 Å². The zero-order valence-corrected chi connectivity index (χ0v) is 18.7. The predicted octanol–water partition coefficient (Wildman–Crippen LogP) is 4.63. The summed E-state index contributed by atoms with van der Waals surface area (Å²) < 4.78 is 5.69. The Hall–Kier alpha value is -1.05. The molecule has 1 heterocycles. The van der Waals surface area contributed by atoms with Gasteiger partial charge in [-0.2, -0.15) is 0 Å². The van der Waals surface area contributed by atoms with Gasteiger partial charge in [0, 0.05) is 17.6 Å². The van der Waals surface area contributed by atoms with Gasteiger partial charge in [-0.15, -0.1) is 36.2 Å². The van der Waals surface area contributed by atoms with E-state index in [0.717, 1.165) is 11.4 Å². The second kappa shape index (κ2) is 12.4. The highest BCUT2D eigenvalue weighted by atomic mass is 35.5. The monoisotopic (exact) mass is 453 g/mol. The van der Waals surface area contributed by atoms with Crippen molar-refractivity contribution in [2.24, 2.45) is 11.7 Å². The lowest BCUT2D eigenvalue weighted by Crippen LogP contribution is -2.41. The summed E-state index contributed by atoms with van der Waals surface area (Å²) in [4.78, 5) is 17.5. The Morgan fingerprint density at radius 1 is 1.30 bits per heavy atom. The standard InChI is InChI=1S/C18H24ClN3O2S.2ClH/c1-11(2)8-14(9-20)22-18(23)17-12(3)21-16(25-17)10-24-15-6-4-13(19)5-7-15;;/h4-7,11,14H,8-10,20H2,1-3H3,(H,22,23);2*1H. The number of amides is 1. The summed E-state index contributed by atoms with van der Waals surface area (Å²) in [7, 11) is 0. The van der Waals surface area contributed by atoms with Crippen molar-refractivity contribution in [3.63, 3.8) is 0 Å². The second-order valence-corrected chi connectivity index (χ2v) is 7.82. The fourth-order valence-electron chi connectivity index (χ4n) is 2.43. The van der Waals surface area contributed by atoms with Gasteiger partial charge in [-0.05, 0) is 43.5 Å². The van der Waals surface area contributed by atoms with E-state index in [-0.39, 0.29) is 36.8 Å². The Kier molecular flexibility index (Phi) is 11.9. The second-order valence-electron chi connectivity index (χ2n) is 6.30. The van der Waals surface area contributed by atoms with E-state index >= 15 is 0 Å². The van der Waals surface area contributed by atoms with E-state index in [1.165, 1.54) is 11.3 Å². The molecule has 1 atom stereocenters. The van der Waals surface area contributed by atoms with Crippen molar-refractivity contribution < 1.29 is 9.53 Å². The molecule has 1 aromatic heterocycles. The van der Waals surface area contributed by atoms with Gasteiger partial charge in [-0.3, -0.25) is 4.79 Å². The van der Waals surface area contributed by atoms with Gasteiger partial charge in [0.25, 0.3) is 5.91 Å². The summed E-state index contributed by atoms with van der Waals surface area (Å²) in [6.07, 6.45) is 0.854. The van der Waals surface area contributed by atoms with Crippen LogP contribution in [0.5, 0.6) is 5.75 Å². The fraction of sp³-hybridized carbons (Fsp3) is 0.444. The highest BCUT2D eigenvalue weighted by molar-refractivity contribution is 7.13. The number of carbonyl (C=O) groups is 1. The van der Waals surface area contributed by atoms with Crippen molar-refractivity contribution in [3.05, 3.63) is 44.9 Å². The molecule has 5 nitrogen and oxygen atoms in total. The summed E-state index contributed by atoms with van der Waals surface area (Å²) in [6, 6.07) is 7.11. The molecule has 1 amide bonds. The Labute approximate surface area is 181 Å². The van der Waals surface area contributed by atoms with Gasteiger partial charge in [0.2, 0.25) is 0 Å². The topological polar surface area (TPSA) is 77.2 Å². The number of aryl methyl sites for hydroxylation is 1. The third kappa shape index (κ3) is 8.23. The lowest BCUT2D eigenvalue weighted by atomic mass is 10.0. The molecule has 27 heavy (non-hydrogen) atoms. The summed E-state index contributed by atoms with van der Waals surface area (Å²) >= 11 is 7.20. The molecule has 2 aromatic rings. The Morgan fingerprint density at radius 2 is 1.93 bits per heavy atom. The largest absolute Gasteiger partial charge is 0.486 e. The molecule has 0 fully saturated rings. The number of ether oxygens (including phenoxy) is 1. The minimum atomic E-state index is -0.121. The zero-order valence-electron chi connectivity index (χ0n) is 15.5. The van der Waals surface area contributed by atoms with Crippen molar-refractivity contribution in [3.8, 4) is 5.75 Å². The van der Waals surface area contributed by atoms with E-state index in [0.29, 0.717) is 40.4 Å². The van der Waals surface area contributed by atoms with Crippen LogP contribution in [-0.2, 0) is 6.61 Å². The molecule has 0 bridgehead atoms. The van der Waals surface area contributed by atoms with E-state index in [2.05, 4.69) is 24.1 Å². The van der Waals surface area contributed by atoms with Crippen LogP contribution >= 0.6 is 47.8 Å². The van der Waals surface area contributed by atoms with E-state index in [1.54, 1.807) is 24.3 Å². The number of nitrogens with zero attached hydrogens (tertiary/aromatic N) is 1. The highest BCUT2D eigenvalue weighted by Gasteiger charge is 2.19. The van der Waals surface area contributed by atoms with Crippen LogP contribution in [0.15, 0.2) is 24.3 Å². The quantitative estimate of drug-likeness (QED) is 0.609. The lowest BCUT2D eigenvalue weighted by Gasteiger charge is -2.18. The molecule has 9 heteroatoms. The number of halogens is 3. The van der Waals surface area contributed by atoms with Gasteiger partial charge < -0.3 is 15.8 Å². The predicted molar refractivity (Wildman–Crippen MR) is 117 cm³/mol. The molecular formula is C18H26Cl3N3O2S. The molecule has 0 aliphatic rings. The van der Waals surface area contributed by atoms with Crippen molar-refractivity contribution >= 4 is 53.7 Å². The van der Waals surface area contributed by atoms with Gasteiger partial charge in [0.05, 0.1) is 5.69 Å². The number of benzene rings is 1. The van der Waals surface area contributed by atoms with Gasteiger partial charge in [0.1, 0.15) is 22.2 Å². The molecular weight excluding hydrogens is 429 g/mol. The van der Waals surface area contributed by atoms with Gasteiger partial charge >= 0.3 is 0 Å². The summed E-state index contributed by atoms with van der Waals surface area (Å²) in [5.41, 5.74) is 6.46. The Morgan fingerprint density at radius 3 is 2.48 bits per heavy atom. The summed E-state index contributed by atoms with van der Waals surface area (Å²) in [6.45, 7) is 6.79. The van der Waals surface area contributed by atoms with Crippen LogP contribution in [0, 0.1) is 12.8 Å². The van der Waals surface area contributed by atoms with Crippen LogP contribution in [0.25, 0.3) is 0 Å². The SMILES string of the molecule is Cc1nc(COc2ccc(Cl)cc2)sc1C(=O)NC(CN)CC(C)C.Cl.Cl. The summed E-state index contributed by atoms with van der Waals surface area (Å²) in [5.74, 6) is 1.06. The van der Waals surface area contributed by atoms with E-state index in [1.807, 2.05) is 6.92 Å². The average molecular weight is 455 g/mol. The number of thiazole rings is 1.